The van der Waals surface area contributed by atoms with E-state index in [1.165, 1.54) is 11.0 Å². The van der Waals surface area contributed by atoms with Crippen LogP contribution >= 0.6 is 0 Å². The van der Waals surface area contributed by atoms with Crippen LogP contribution < -0.4 is 0 Å². The minimum absolute atomic E-state index is 0.208. The van der Waals surface area contributed by atoms with E-state index in [0.29, 0.717) is 6.42 Å². The number of hydrogen-bond acceptors (Lipinski definition) is 3. The fraction of sp³-hybridized carbons (Fsp3) is 0.400. The highest BCUT2D eigenvalue weighted by atomic mass is 16.3. The second kappa shape index (κ2) is 5.99. The van der Waals surface area contributed by atoms with Gasteiger partial charge in [-0.05, 0) is 17.6 Å². The Balaban J connectivity index is 2.24. The molecule has 1 aliphatic rings. The van der Waals surface area contributed by atoms with Gasteiger partial charge in [0.1, 0.15) is 0 Å². The Morgan fingerprint density at radius 3 is 2.58 bits per heavy atom. The zero-order chi connectivity index (χ0) is 13.8. The lowest BCUT2D eigenvalue weighted by Crippen LogP contribution is -2.40. The molecule has 1 heterocycles. The largest absolute Gasteiger partial charge is 0.394 e. The summed E-state index contributed by atoms with van der Waals surface area (Å²) in [7, 11) is 0. The first kappa shape index (κ1) is 13.8. The van der Waals surface area contributed by atoms with Gasteiger partial charge in [0.05, 0.1) is 12.6 Å². The summed E-state index contributed by atoms with van der Waals surface area (Å²) < 4.78 is 0. The first-order valence-corrected chi connectivity index (χ1v) is 6.55. The Kier molecular flexibility index (Phi) is 4.35. The fourth-order valence-corrected chi connectivity index (χ4v) is 2.45. The van der Waals surface area contributed by atoms with E-state index in [2.05, 4.69) is 0 Å². The van der Waals surface area contributed by atoms with Crippen LogP contribution in [0.3, 0.4) is 0 Å². The molecule has 0 radical (unpaired) electrons. The number of aliphatic hydroxyl groups is 2. The highest BCUT2D eigenvalue weighted by Crippen LogP contribution is 2.30. The number of carbonyl (C=O) groups excluding carboxylic acids is 1. The summed E-state index contributed by atoms with van der Waals surface area (Å²) in [5.74, 6) is -0.237. The molecular formula is C15H19NO3. The summed E-state index contributed by atoms with van der Waals surface area (Å²) >= 11 is 0. The van der Waals surface area contributed by atoms with Crippen molar-refractivity contribution in [3.05, 3.63) is 47.5 Å². The van der Waals surface area contributed by atoms with Gasteiger partial charge >= 0.3 is 0 Å². The second-order valence-corrected chi connectivity index (χ2v) is 4.70. The van der Waals surface area contributed by atoms with Gasteiger partial charge in [-0.15, -0.1) is 0 Å². The number of carbonyl (C=O) groups is 1. The minimum Gasteiger partial charge on any atom is -0.394 e. The van der Waals surface area contributed by atoms with Gasteiger partial charge in [-0.25, -0.2) is 0 Å². The van der Waals surface area contributed by atoms with E-state index in [9.17, 15) is 15.0 Å². The number of benzene rings is 1. The smallest absolute Gasteiger partial charge is 0.249 e. The molecule has 0 saturated heterocycles. The zero-order valence-electron chi connectivity index (χ0n) is 11.0. The summed E-state index contributed by atoms with van der Waals surface area (Å²) in [6.07, 6.45) is 2.12. The van der Waals surface area contributed by atoms with Crippen molar-refractivity contribution in [2.45, 2.75) is 32.0 Å². The van der Waals surface area contributed by atoms with Crippen LogP contribution in [-0.2, 0) is 4.79 Å². The monoisotopic (exact) mass is 261 g/mol. The van der Waals surface area contributed by atoms with E-state index in [1.807, 2.05) is 37.3 Å². The number of nitrogens with zero attached hydrogens (tertiary/aromatic N) is 1. The van der Waals surface area contributed by atoms with Crippen LogP contribution in [0.4, 0.5) is 0 Å². The number of amides is 1. The minimum atomic E-state index is -0.926. The predicted octanol–water partition coefficient (Wildman–Crippen LogP) is 1.61. The van der Waals surface area contributed by atoms with Gasteiger partial charge in [-0.3, -0.25) is 4.79 Å². The van der Waals surface area contributed by atoms with Crippen LogP contribution in [0.2, 0.25) is 0 Å². The normalized spacial score (nSPS) is 20.6. The molecule has 2 rings (SSSR count). The third-order valence-electron chi connectivity index (χ3n) is 3.39. The topological polar surface area (TPSA) is 60.8 Å². The van der Waals surface area contributed by atoms with Gasteiger partial charge in [0.25, 0.3) is 0 Å². The van der Waals surface area contributed by atoms with Crippen molar-refractivity contribution >= 4 is 5.91 Å². The molecule has 0 aromatic heterocycles. The maximum absolute atomic E-state index is 12.0. The summed E-state index contributed by atoms with van der Waals surface area (Å²) in [5.41, 5.74) is 1.55. The molecule has 1 aliphatic heterocycles. The molecule has 0 bridgehead atoms. The lowest BCUT2D eigenvalue weighted by Gasteiger charge is -2.31. The third kappa shape index (κ3) is 2.69. The van der Waals surface area contributed by atoms with Crippen LogP contribution in [0.25, 0.3) is 0 Å². The molecule has 0 spiro atoms. The van der Waals surface area contributed by atoms with Crippen molar-refractivity contribution in [1.29, 1.82) is 0 Å². The molecule has 0 unspecified atom stereocenters. The summed E-state index contributed by atoms with van der Waals surface area (Å²) in [5, 5.41) is 19.8. The average Bonchev–Trinajstić information content (AvgIpc) is 2.69. The molecule has 0 fully saturated rings. The number of hydrogen-bond donors (Lipinski definition) is 2. The van der Waals surface area contributed by atoms with Crippen molar-refractivity contribution in [1.82, 2.24) is 4.90 Å². The van der Waals surface area contributed by atoms with Gasteiger partial charge < -0.3 is 15.1 Å². The quantitative estimate of drug-likeness (QED) is 0.846. The highest BCUT2D eigenvalue weighted by Gasteiger charge is 2.36. The van der Waals surface area contributed by atoms with Crippen molar-refractivity contribution in [3.63, 3.8) is 0 Å². The predicted molar refractivity (Wildman–Crippen MR) is 72.1 cm³/mol. The van der Waals surface area contributed by atoms with Crippen molar-refractivity contribution in [3.8, 4) is 0 Å². The molecule has 4 nitrogen and oxygen atoms in total. The van der Waals surface area contributed by atoms with Crippen LogP contribution in [0.1, 0.15) is 31.4 Å². The van der Waals surface area contributed by atoms with Crippen LogP contribution in [0, 0.1) is 0 Å². The molecule has 4 heteroatoms. The zero-order valence-corrected chi connectivity index (χ0v) is 11.0. The lowest BCUT2D eigenvalue weighted by atomic mass is 10.1. The molecule has 0 aliphatic carbocycles. The molecule has 19 heavy (non-hydrogen) atoms. The summed E-state index contributed by atoms with van der Waals surface area (Å²) in [6, 6.07) is 8.77. The molecule has 2 atom stereocenters. The fourth-order valence-electron chi connectivity index (χ4n) is 2.45. The summed E-state index contributed by atoms with van der Waals surface area (Å²) in [4.78, 5) is 13.4. The van der Waals surface area contributed by atoms with Gasteiger partial charge in [-0.2, -0.15) is 0 Å². The van der Waals surface area contributed by atoms with E-state index < -0.39 is 12.3 Å². The Bertz CT molecular complexity index is 470. The van der Waals surface area contributed by atoms with E-state index in [-0.39, 0.29) is 12.5 Å². The van der Waals surface area contributed by atoms with Crippen molar-refractivity contribution < 1.29 is 15.0 Å². The Morgan fingerprint density at radius 1 is 1.32 bits per heavy atom. The van der Waals surface area contributed by atoms with E-state index in [4.69, 9.17) is 0 Å². The van der Waals surface area contributed by atoms with Crippen molar-refractivity contribution in [2.24, 2.45) is 0 Å². The molecule has 1 amide bonds. The standard InChI is InChI=1S/C15H19NO3/c1-2-6-12-9-14(18)16(15(12)19)13(10-17)11-7-4-3-5-8-11/h3-5,7-9,13,15,17,19H,2,6,10H2,1H3/t13-,15+/m1/s1. The lowest BCUT2D eigenvalue weighted by molar-refractivity contribution is -0.136. The molecule has 2 N–H and O–H groups in total. The molecule has 0 saturated carbocycles. The number of rotatable bonds is 5. The molecule has 102 valence electrons. The maximum atomic E-state index is 12.0. The molecule has 1 aromatic rings. The van der Waals surface area contributed by atoms with E-state index >= 15 is 0 Å². The van der Waals surface area contributed by atoms with Crippen LogP contribution in [0.5, 0.6) is 0 Å². The van der Waals surface area contributed by atoms with Gasteiger partial charge in [0.15, 0.2) is 6.23 Å². The van der Waals surface area contributed by atoms with Crippen molar-refractivity contribution in [2.75, 3.05) is 6.61 Å². The Hall–Kier alpha value is -1.65. The maximum Gasteiger partial charge on any atom is 0.249 e. The average molecular weight is 261 g/mol. The Morgan fingerprint density at radius 2 is 2.00 bits per heavy atom. The first-order valence-electron chi connectivity index (χ1n) is 6.55. The van der Waals surface area contributed by atoms with E-state index in [0.717, 1.165) is 17.6 Å². The molecular weight excluding hydrogens is 242 g/mol. The Labute approximate surface area is 113 Å². The highest BCUT2D eigenvalue weighted by molar-refractivity contribution is 5.92. The SMILES string of the molecule is CCCC1=CC(=O)N([C@H](CO)c2ccccc2)[C@H]1O. The van der Waals surface area contributed by atoms with Crippen LogP contribution in [0.15, 0.2) is 42.0 Å². The van der Waals surface area contributed by atoms with Gasteiger partial charge in [0.2, 0.25) is 5.91 Å². The molecule has 1 aromatic carbocycles. The first-order chi connectivity index (χ1) is 9.19. The van der Waals surface area contributed by atoms with Crippen LogP contribution in [-0.4, -0.2) is 33.9 Å². The van der Waals surface area contributed by atoms with Gasteiger partial charge in [0, 0.05) is 6.08 Å². The summed E-state index contributed by atoms with van der Waals surface area (Å²) in [6.45, 7) is 1.79. The van der Waals surface area contributed by atoms with E-state index in [1.54, 1.807) is 0 Å². The third-order valence-corrected chi connectivity index (χ3v) is 3.39. The second-order valence-electron chi connectivity index (χ2n) is 4.70. The number of aliphatic hydroxyl groups excluding tert-OH is 2. The van der Waals surface area contributed by atoms with Gasteiger partial charge in [-0.1, -0.05) is 43.7 Å².